The Bertz CT molecular complexity index is 606. The molecule has 3 N–H and O–H groups in total. The number of nitrogens with two attached hydrogens (primary N) is 1. The molecule has 0 bridgehead atoms. The fraction of sp³-hybridized carbons (Fsp3) is 0. The van der Waals surface area contributed by atoms with Gasteiger partial charge in [-0.2, -0.15) is 0 Å². The molecular formula is C12H8F3N3S. The minimum Gasteiger partial charge on any atom is -0.389 e. The van der Waals surface area contributed by atoms with E-state index in [-0.39, 0.29) is 10.8 Å². The van der Waals surface area contributed by atoms with E-state index < -0.39 is 23.1 Å². The zero-order valence-electron chi connectivity index (χ0n) is 9.45. The normalized spacial score (nSPS) is 10.3. The number of aromatic nitrogens is 1. The Hall–Kier alpha value is -2.15. The minimum atomic E-state index is -1.04. The number of hydrogen-bond donors (Lipinski definition) is 2. The van der Waals surface area contributed by atoms with Crippen molar-refractivity contribution in [2.24, 2.45) is 5.73 Å². The molecule has 0 unspecified atom stereocenters. The number of halogens is 3. The van der Waals surface area contributed by atoms with Crippen molar-refractivity contribution in [1.82, 2.24) is 4.98 Å². The summed E-state index contributed by atoms with van der Waals surface area (Å²) in [7, 11) is 0. The van der Waals surface area contributed by atoms with Gasteiger partial charge in [0.2, 0.25) is 0 Å². The summed E-state index contributed by atoms with van der Waals surface area (Å²) in [5, 5.41) is 2.42. The van der Waals surface area contributed by atoms with Crippen LogP contribution < -0.4 is 11.1 Å². The summed E-state index contributed by atoms with van der Waals surface area (Å²) in [4.78, 5) is 4.06. The number of pyridine rings is 1. The highest BCUT2D eigenvalue weighted by Gasteiger charge is 2.12. The summed E-state index contributed by atoms with van der Waals surface area (Å²) in [6.45, 7) is 0. The molecule has 1 aromatic carbocycles. The van der Waals surface area contributed by atoms with Gasteiger partial charge in [-0.25, -0.2) is 18.2 Å². The molecule has 2 rings (SSSR count). The van der Waals surface area contributed by atoms with Gasteiger partial charge in [0.1, 0.15) is 22.3 Å². The molecule has 1 heterocycles. The molecule has 0 aliphatic carbocycles. The van der Waals surface area contributed by atoms with E-state index in [4.69, 9.17) is 18.0 Å². The molecule has 0 atom stereocenters. The van der Waals surface area contributed by atoms with Crippen molar-refractivity contribution in [3.05, 3.63) is 53.5 Å². The monoisotopic (exact) mass is 283 g/mol. The maximum Gasteiger partial charge on any atom is 0.152 e. The van der Waals surface area contributed by atoms with E-state index in [9.17, 15) is 13.2 Å². The van der Waals surface area contributed by atoms with E-state index in [0.717, 1.165) is 0 Å². The maximum absolute atomic E-state index is 13.4. The van der Waals surface area contributed by atoms with E-state index >= 15 is 0 Å². The van der Waals surface area contributed by atoms with Crippen LogP contribution in [0.4, 0.5) is 24.7 Å². The highest BCUT2D eigenvalue weighted by Crippen LogP contribution is 2.23. The Morgan fingerprint density at radius 3 is 2.26 bits per heavy atom. The Morgan fingerprint density at radius 1 is 1.16 bits per heavy atom. The molecule has 0 amide bonds. The third-order valence-corrected chi connectivity index (χ3v) is 2.54. The summed E-state index contributed by atoms with van der Waals surface area (Å²) in [6, 6.07) is 4.16. The molecule has 0 aliphatic rings. The van der Waals surface area contributed by atoms with Crippen LogP contribution in [0.15, 0.2) is 30.5 Å². The van der Waals surface area contributed by atoms with Gasteiger partial charge in [-0.15, -0.1) is 0 Å². The van der Waals surface area contributed by atoms with Crippen LogP contribution in [0.25, 0.3) is 0 Å². The van der Waals surface area contributed by atoms with Crippen LogP contribution in [0.3, 0.4) is 0 Å². The Balaban J connectivity index is 2.29. The first kappa shape index (κ1) is 13.3. The zero-order valence-corrected chi connectivity index (χ0v) is 10.3. The first-order valence-electron chi connectivity index (χ1n) is 5.15. The minimum absolute atomic E-state index is 0.165. The van der Waals surface area contributed by atoms with Crippen LogP contribution in [0.1, 0.15) is 5.56 Å². The van der Waals surface area contributed by atoms with Crippen LogP contribution in [0, 0.1) is 17.5 Å². The molecule has 2 aromatic rings. The van der Waals surface area contributed by atoms with E-state index in [1.807, 2.05) is 0 Å². The third-order valence-electron chi connectivity index (χ3n) is 2.31. The number of anilines is 2. The standard InChI is InChI=1S/C12H8F3N3S/c13-7-3-8(14)11(9(15)4-7)18-10-2-1-6(5-17-10)12(16)19/h1-5H,(H2,16,19)(H,17,18). The van der Waals surface area contributed by atoms with Gasteiger partial charge in [0, 0.05) is 23.9 Å². The average Bonchev–Trinajstić information content (AvgIpc) is 2.34. The quantitative estimate of drug-likeness (QED) is 0.850. The van der Waals surface area contributed by atoms with Gasteiger partial charge in [0.15, 0.2) is 11.6 Å². The second-order valence-corrected chi connectivity index (χ2v) is 4.11. The molecule has 1 aromatic heterocycles. The van der Waals surface area contributed by atoms with E-state index in [1.54, 1.807) is 6.07 Å². The fourth-order valence-electron chi connectivity index (χ4n) is 1.40. The van der Waals surface area contributed by atoms with Gasteiger partial charge in [-0.3, -0.25) is 0 Å². The molecule has 0 spiro atoms. The number of thiocarbonyl (C=S) groups is 1. The van der Waals surface area contributed by atoms with Crippen LogP contribution in [-0.2, 0) is 0 Å². The van der Waals surface area contributed by atoms with Gasteiger partial charge in [0.25, 0.3) is 0 Å². The van der Waals surface area contributed by atoms with Crippen molar-refractivity contribution >= 4 is 28.7 Å². The number of rotatable bonds is 3. The third kappa shape index (κ3) is 3.00. The van der Waals surface area contributed by atoms with Crippen LogP contribution >= 0.6 is 12.2 Å². The molecule has 0 radical (unpaired) electrons. The fourth-order valence-corrected chi connectivity index (χ4v) is 1.52. The predicted molar refractivity (Wildman–Crippen MR) is 69.7 cm³/mol. The molecule has 19 heavy (non-hydrogen) atoms. The second kappa shape index (κ2) is 5.23. The lowest BCUT2D eigenvalue weighted by Crippen LogP contribution is -2.10. The highest BCUT2D eigenvalue weighted by atomic mass is 32.1. The lowest BCUT2D eigenvalue weighted by Gasteiger charge is -2.08. The van der Waals surface area contributed by atoms with E-state index in [2.05, 4.69) is 10.3 Å². The summed E-state index contributed by atoms with van der Waals surface area (Å²) >= 11 is 4.75. The Kier molecular flexibility index (Phi) is 3.66. The van der Waals surface area contributed by atoms with Crippen LogP contribution in [0.2, 0.25) is 0 Å². The molecule has 0 saturated carbocycles. The van der Waals surface area contributed by atoms with E-state index in [1.165, 1.54) is 12.3 Å². The zero-order chi connectivity index (χ0) is 14.0. The summed E-state index contributed by atoms with van der Waals surface area (Å²) < 4.78 is 39.5. The lowest BCUT2D eigenvalue weighted by molar-refractivity contribution is 0.549. The summed E-state index contributed by atoms with van der Waals surface area (Å²) in [6.07, 6.45) is 1.37. The molecular weight excluding hydrogens is 275 g/mol. The molecule has 0 aliphatic heterocycles. The van der Waals surface area contributed by atoms with Gasteiger partial charge in [0.05, 0.1) is 0 Å². The van der Waals surface area contributed by atoms with Crippen molar-refractivity contribution in [3.63, 3.8) is 0 Å². The first-order chi connectivity index (χ1) is 8.97. The van der Waals surface area contributed by atoms with Crippen molar-refractivity contribution in [3.8, 4) is 0 Å². The second-order valence-electron chi connectivity index (χ2n) is 3.67. The Labute approximate surface area is 112 Å². The lowest BCUT2D eigenvalue weighted by atomic mass is 10.2. The SMILES string of the molecule is NC(=S)c1ccc(Nc2c(F)cc(F)cc2F)nc1. The number of hydrogen-bond acceptors (Lipinski definition) is 3. The maximum atomic E-state index is 13.4. The number of benzene rings is 1. The predicted octanol–water partition coefficient (Wildman–Crippen LogP) is 2.88. The number of nitrogens with one attached hydrogen (secondary N) is 1. The smallest absolute Gasteiger partial charge is 0.152 e. The Morgan fingerprint density at radius 2 is 1.79 bits per heavy atom. The highest BCUT2D eigenvalue weighted by molar-refractivity contribution is 7.80. The van der Waals surface area contributed by atoms with Crippen LogP contribution in [0.5, 0.6) is 0 Å². The van der Waals surface area contributed by atoms with Gasteiger partial charge < -0.3 is 11.1 Å². The number of nitrogens with zero attached hydrogens (tertiary/aromatic N) is 1. The van der Waals surface area contributed by atoms with Crippen molar-refractivity contribution < 1.29 is 13.2 Å². The summed E-state index contributed by atoms with van der Waals surface area (Å²) in [5.41, 5.74) is 5.44. The van der Waals surface area contributed by atoms with Crippen molar-refractivity contribution in [1.29, 1.82) is 0 Å². The molecule has 3 nitrogen and oxygen atoms in total. The summed E-state index contributed by atoms with van der Waals surface area (Å²) in [5.74, 6) is -2.89. The molecule has 98 valence electrons. The van der Waals surface area contributed by atoms with Gasteiger partial charge in [-0.05, 0) is 12.1 Å². The van der Waals surface area contributed by atoms with Gasteiger partial charge >= 0.3 is 0 Å². The van der Waals surface area contributed by atoms with E-state index in [0.29, 0.717) is 17.7 Å². The first-order valence-corrected chi connectivity index (χ1v) is 5.55. The molecule has 7 heteroatoms. The van der Waals surface area contributed by atoms with Gasteiger partial charge in [-0.1, -0.05) is 12.2 Å². The van der Waals surface area contributed by atoms with Crippen LogP contribution in [-0.4, -0.2) is 9.97 Å². The van der Waals surface area contributed by atoms with Crippen molar-refractivity contribution in [2.45, 2.75) is 0 Å². The van der Waals surface area contributed by atoms with Crippen molar-refractivity contribution in [2.75, 3.05) is 5.32 Å². The molecule has 0 saturated heterocycles. The average molecular weight is 283 g/mol. The topological polar surface area (TPSA) is 50.9 Å². The molecule has 0 fully saturated rings. The largest absolute Gasteiger partial charge is 0.389 e.